The van der Waals surface area contributed by atoms with Gasteiger partial charge in [-0.05, 0) is 13.8 Å². The number of ether oxygens (including phenoxy) is 3. The fourth-order valence-corrected chi connectivity index (χ4v) is 1.92. The van der Waals surface area contributed by atoms with Gasteiger partial charge in [-0.3, -0.25) is 14.4 Å². The van der Waals surface area contributed by atoms with Crippen LogP contribution in [0.3, 0.4) is 0 Å². The van der Waals surface area contributed by atoms with Crippen molar-refractivity contribution in [3.63, 3.8) is 0 Å². The van der Waals surface area contributed by atoms with E-state index in [0.29, 0.717) is 0 Å². The van der Waals surface area contributed by atoms with E-state index in [1.54, 1.807) is 6.29 Å². The monoisotopic (exact) mass is 440 g/mol. The molecule has 167 valence electrons. The summed E-state index contributed by atoms with van der Waals surface area (Å²) in [6, 6.07) is 0. The third kappa shape index (κ3) is 7.67. The van der Waals surface area contributed by atoms with Gasteiger partial charge in [-0.1, -0.05) is 0 Å². The predicted molar refractivity (Wildman–Crippen MR) is 90.7 cm³/mol. The molecular formula is C18H19F5NO6. The maximum Gasteiger partial charge on any atom is 0.313 e. The van der Waals surface area contributed by atoms with E-state index < -0.39 is 58.7 Å². The van der Waals surface area contributed by atoms with Crippen molar-refractivity contribution in [3.05, 3.63) is 29.1 Å². The number of rotatable bonds is 12. The summed E-state index contributed by atoms with van der Waals surface area (Å²) in [4.78, 5) is 33.6. The van der Waals surface area contributed by atoms with Gasteiger partial charge in [0.25, 0.3) is 0 Å². The van der Waals surface area contributed by atoms with Gasteiger partial charge >= 0.3 is 5.97 Å². The molecule has 1 amide bonds. The summed E-state index contributed by atoms with van der Waals surface area (Å²) < 4.78 is 80.1. The number of carbonyl (C=O) groups excluding carboxylic acids is 3. The topological polar surface area (TPSA) is 90.9 Å². The van der Waals surface area contributed by atoms with Crippen molar-refractivity contribution in [2.45, 2.75) is 32.2 Å². The van der Waals surface area contributed by atoms with Crippen molar-refractivity contribution < 1.29 is 50.5 Å². The summed E-state index contributed by atoms with van der Waals surface area (Å²) in [5.41, 5.74) is -1.11. The molecule has 0 aliphatic rings. The normalized spacial score (nSPS) is 11.3. The first-order valence-corrected chi connectivity index (χ1v) is 8.58. The van der Waals surface area contributed by atoms with Gasteiger partial charge in [-0.15, -0.1) is 0 Å². The SMILES string of the molecule is CC(C)([C]=O)NC(=O)CCOCCOCCC(=O)Oc1c(F)c(F)c(F)c(F)c1F. The summed E-state index contributed by atoms with van der Waals surface area (Å²) in [5.74, 6) is -14.7. The van der Waals surface area contributed by atoms with Gasteiger partial charge in [-0.25, -0.2) is 13.2 Å². The van der Waals surface area contributed by atoms with Crippen molar-refractivity contribution in [2.24, 2.45) is 0 Å². The van der Waals surface area contributed by atoms with E-state index >= 15 is 0 Å². The molecule has 1 aromatic carbocycles. The highest BCUT2D eigenvalue weighted by atomic mass is 19.2. The Bertz CT molecular complexity index is 758. The lowest BCUT2D eigenvalue weighted by atomic mass is 10.1. The molecule has 12 heteroatoms. The Morgan fingerprint density at radius 3 is 1.80 bits per heavy atom. The van der Waals surface area contributed by atoms with Crippen LogP contribution in [0.15, 0.2) is 0 Å². The molecule has 0 atom stereocenters. The number of esters is 1. The van der Waals surface area contributed by atoms with Crippen LogP contribution in [0.5, 0.6) is 5.75 Å². The predicted octanol–water partition coefficient (Wildman–Crippen LogP) is 2.11. The van der Waals surface area contributed by atoms with E-state index in [9.17, 15) is 36.3 Å². The summed E-state index contributed by atoms with van der Waals surface area (Å²) in [7, 11) is 0. The highest BCUT2D eigenvalue weighted by Crippen LogP contribution is 2.29. The Kier molecular flexibility index (Phi) is 9.79. The molecule has 0 saturated heterocycles. The van der Waals surface area contributed by atoms with Crippen LogP contribution < -0.4 is 10.1 Å². The standard InChI is InChI=1S/C18H19F5NO6/c1-18(2,9-25)24-10(26)3-5-28-7-8-29-6-4-11(27)30-17-15(22)13(20)12(19)14(21)16(17)23/h3-8H2,1-2H3,(H,24,26). The molecular weight excluding hydrogens is 421 g/mol. The van der Waals surface area contributed by atoms with E-state index in [4.69, 9.17) is 9.47 Å². The first-order chi connectivity index (χ1) is 14.0. The Morgan fingerprint density at radius 1 is 0.833 bits per heavy atom. The van der Waals surface area contributed by atoms with Gasteiger partial charge < -0.3 is 19.5 Å². The molecule has 0 saturated carbocycles. The largest absolute Gasteiger partial charge is 0.420 e. The van der Waals surface area contributed by atoms with Crippen molar-refractivity contribution in [3.8, 4) is 5.75 Å². The minimum absolute atomic E-state index is 0.00889. The molecule has 0 spiro atoms. The van der Waals surface area contributed by atoms with Gasteiger partial charge in [-0.2, -0.15) is 8.78 Å². The average Bonchev–Trinajstić information content (AvgIpc) is 2.69. The van der Waals surface area contributed by atoms with Gasteiger partial charge in [0, 0.05) is 6.42 Å². The second kappa shape index (κ2) is 11.6. The second-order valence-corrected chi connectivity index (χ2v) is 6.37. The number of halogens is 5. The van der Waals surface area contributed by atoms with Crippen molar-refractivity contribution in [2.75, 3.05) is 26.4 Å². The number of nitrogens with one attached hydrogen (secondary N) is 1. The van der Waals surface area contributed by atoms with E-state index in [1.165, 1.54) is 13.8 Å². The number of hydrogen-bond acceptors (Lipinski definition) is 6. The van der Waals surface area contributed by atoms with Gasteiger partial charge in [0.15, 0.2) is 0 Å². The molecule has 0 aromatic heterocycles. The maximum atomic E-state index is 13.4. The molecule has 0 heterocycles. The number of benzene rings is 1. The zero-order chi connectivity index (χ0) is 22.9. The Balaban J connectivity index is 2.25. The summed E-state index contributed by atoms with van der Waals surface area (Å²) in [5, 5.41) is 2.42. The molecule has 0 aliphatic carbocycles. The molecule has 0 bridgehead atoms. The quantitative estimate of drug-likeness (QED) is 0.134. The lowest BCUT2D eigenvalue weighted by Crippen LogP contribution is -2.44. The number of hydrogen-bond donors (Lipinski definition) is 1. The summed E-state index contributed by atoms with van der Waals surface area (Å²) in [6.45, 7) is 2.74. The zero-order valence-electron chi connectivity index (χ0n) is 16.1. The smallest absolute Gasteiger partial charge is 0.313 e. The van der Waals surface area contributed by atoms with Crippen LogP contribution >= 0.6 is 0 Å². The maximum absolute atomic E-state index is 13.4. The van der Waals surface area contributed by atoms with Crippen molar-refractivity contribution in [1.82, 2.24) is 5.32 Å². The van der Waals surface area contributed by atoms with E-state index in [0.717, 1.165) is 0 Å². The van der Waals surface area contributed by atoms with Crippen LogP contribution in [-0.4, -0.2) is 50.1 Å². The highest BCUT2D eigenvalue weighted by Gasteiger charge is 2.28. The first-order valence-electron chi connectivity index (χ1n) is 8.58. The molecule has 1 radical (unpaired) electrons. The Labute approximate surface area is 168 Å². The third-order valence-electron chi connectivity index (χ3n) is 3.39. The molecule has 1 aromatic rings. The fraction of sp³-hybridized carbons (Fsp3) is 0.500. The zero-order valence-corrected chi connectivity index (χ0v) is 16.1. The molecule has 1 N–H and O–H groups in total. The summed E-state index contributed by atoms with van der Waals surface area (Å²) >= 11 is 0. The molecule has 0 unspecified atom stereocenters. The van der Waals surface area contributed by atoms with Crippen LogP contribution in [-0.2, 0) is 23.9 Å². The molecule has 7 nitrogen and oxygen atoms in total. The molecule has 30 heavy (non-hydrogen) atoms. The van der Waals surface area contributed by atoms with E-state index in [-0.39, 0.29) is 32.8 Å². The van der Waals surface area contributed by atoms with Crippen LogP contribution in [0, 0.1) is 29.1 Å². The molecule has 1 rings (SSSR count). The van der Waals surface area contributed by atoms with Crippen LogP contribution in [0.25, 0.3) is 0 Å². The minimum Gasteiger partial charge on any atom is -0.420 e. The summed E-state index contributed by atoms with van der Waals surface area (Å²) in [6.07, 6.45) is 1.12. The minimum atomic E-state index is -2.36. The van der Waals surface area contributed by atoms with Crippen LogP contribution in [0.1, 0.15) is 26.7 Å². The first kappa shape index (κ1) is 25.4. The van der Waals surface area contributed by atoms with Gasteiger partial charge in [0.2, 0.25) is 47.0 Å². The lowest BCUT2D eigenvalue weighted by Gasteiger charge is -2.17. The molecule has 0 fully saturated rings. The Hall–Kier alpha value is -2.60. The lowest BCUT2D eigenvalue weighted by molar-refractivity contribution is -0.136. The fourth-order valence-electron chi connectivity index (χ4n) is 1.92. The second-order valence-electron chi connectivity index (χ2n) is 6.37. The highest BCUT2D eigenvalue weighted by molar-refractivity contribution is 5.81. The number of amides is 1. The van der Waals surface area contributed by atoms with Crippen LogP contribution in [0.2, 0.25) is 0 Å². The van der Waals surface area contributed by atoms with Crippen molar-refractivity contribution in [1.29, 1.82) is 0 Å². The van der Waals surface area contributed by atoms with Gasteiger partial charge in [0.1, 0.15) is 5.54 Å². The third-order valence-corrected chi connectivity index (χ3v) is 3.39. The van der Waals surface area contributed by atoms with Crippen molar-refractivity contribution >= 4 is 18.2 Å². The van der Waals surface area contributed by atoms with E-state index in [1.807, 2.05) is 0 Å². The Morgan fingerprint density at radius 2 is 1.30 bits per heavy atom. The van der Waals surface area contributed by atoms with Crippen LogP contribution in [0.4, 0.5) is 22.0 Å². The average molecular weight is 440 g/mol. The van der Waals surface area contributed by atoms with E-state index in [2.05, 4.69) is 10.1 Å². The molecule has 0 aliphatic heterocycles. The number of carbonyl (C=O) groups is 2. The van der Waals surface area contributed by atoms with Gasteiger partial charge in [0.05, 0.1) is 32.8 Å².